The van der Waals surface area contributed by atoms with Crippen LogP contribution in [0.4, 0.5) is 11.6 Å². The topological polar surface area (TPSA) is 57.3 Å². The molecule has 0 bridgehead atoms. The van der Waals surface area contributed by atoms with Crippen LogP contribution in [0.1, 0.15) is 13.8 Å². The van der Waals surface area contributed by atoms with E-state index >= 15 is 0 Å². The molecule has 1 aromatic rings. The van der Waals surface area contributed by atoms with E-state index in [0.29, 0.717) is 12.4 Å². The summed E-state index contributed by atoms with van der Waals surface area (Å²) in [5, 5.41) is 6.14. The molecule has 17 heavy (non-hydrogen) atoms. The van der Waals surface area contributed by atoms with Gasteiger partial charge in [-0.25, -0.2) is 4.98 Å². The number of anilines is 2. The second kappa shape index (κ2) is 6.73. The molecule has 5 nitrogen and oxygen atoms in total. The molecule has 0 aromatic carbocycles. The minimum Gasteiger partial charge on any atom is -0.370 e. The molecule has 0 spiro atoms. The molecule has 0 aliphatic heterocycles. The average Bonchev–Trinajstić information content (AvgIpc) is 2.36. The number of hydrogen-bond donors (Lipinski definition) is 2. The first-order valence-corrected chi connectivity index (χ1v) is 5.86. The number of carbonyl (C=O) groups is 1. The first kappa shape index (κ1) is 13.3. The Labute approximate surface area is 102 Å². The van der Waals surface area contributed by atoms with Crippen LogP contribution in [0.2, 0.25) is 0 Å². The minimum atomic E-state index is 0.0585. The predicted molar refractivity (Wildman–Crippen MR) is 70.2 cm³/mol. The van der Waals surface area contributed by atoms with E-state index in [-0.39, 0.29) is 12.5 Å². The van der Waals surface area contributed by atoms with Crippen molar-refractivity contribution in [1.29, 1.82) is 0 Å². The van der Waals surface area contributed by atoms with Crippen molar-refractivity contribution in [2.75, 3.05) is 37.3 Å². The van der Waals surface area contributed by atoms with Crippen molar-refractivity contribution >= 4 is 17.5 Å². The van der Waals surface area contributed by atoms with Crippen molar-refractivity contribution in [3.8, 4) is 0 Å². The van der Waals surface area contributed by atoms with Crippen LogP contribution in [0.25, 0.3) is 0 Å². The Morgan fingerprint density at radius 2 is 1.94 bits per heavy atom. The van der Waals surface area contributed by atoms with Crippen molar-refractivity contribution in [2.24, 2.45) is 0 Å². The summed E-state index contributed by atoms with van der Waals surface area (Å²) in [5.74, 6) is 1.58. The van der Waals surface area contributed by atoms with Gasteiger partial charge in [0.25, 0.3) is 0 Å². The second-order valence-electron chi connectivity index (χ2n) is 3.70. The zero-order valence-electron chi connectivity index (χ0n) is 10.7. The monoisotopic (exact) mass is 236 g/mol. The molecule has 1 heterocycles. The third kappa shape index (κ3) is 4.30. The quantitative estimate of drug-likeness (QED) is 0.784. The summed E-state index contributed by atoms with van der Waals surface area (Å²) >= 11 is 0. The average molecular weight is 236 g/mol. The molecule has 1 amide bonds. The fourth-order valence-corrected chi connectivity index (χ4v) is 1.29. The molecule has 0 atom stereocenters. The molecule has 94 valence electrons. The zero-order valence-corrected chi connectivity index (χ0v) is 10.7. The van der Waals surface area contributed by atoms with Crippen molar-refractivity contribution < 1.29 is 4.79 Å². The normalized spacial score (nSPS) is 9.82. The standard InChI is InChI=1S/C12H20N4O/c1-4-13-10-7-6-8-11(15-10)14-9-12(17)16(3)5-2/h6-8H,4-5,9H2,1-3H3,(H2,13,14,15). The van der Waals surface area contributed by atoms with E-state index in [1.807, 2.05) is 32.0 Å². The van der Waals surface area contributed by atoms with Gasteiger partial charge in [-0.1, -0.05) is 6.07 Å². The van der Waals surface area contributed by atoms with Crippen LogP contribution in [-0.4, -0.2) is 42.5 Å². The summed E-state index contributed by atoms with van der Waals surface area (Å²) < 4.78 is 0. The largest absolute Gasteiger partial charge is 0.370 e. The van der Waals surface area contributed by atoms with E-state index in [4.69, 9.17) is 0 Å². The number of aromatic nitrogens is 1. The van der Waals surface area contributed by atoms with Gasteiger partial charge in [-0.15, -0.1) is 0 Å². The van der Waals surface area contributed by atoms with Gasteiger partial charge in [0.05, 0.1) is 6.54 Å². The lowest BCUT2D eigenvalue weighted by molar-refractivity contribution is -0.127. The highest BCUT2D eigenvalue weighted by atomic mass is 16.2. The van der Waals surface area contributed by atoms with Crippen LogP contribution in [0, 0.1) is 0 Å². The van der Waals surface area contributed by atoms with Crippen LogP contribution < -0.4 is 10.6 Å². The highest BCUT2D eigenvalue weighted by Gasteiger charge is 2.06. The van der Waals surface area contributed by atoms with Crippen LogP contribution in [0.15, 0.2) is 18.2 Å². The lowest BCUT2D eigenvalue weighted by atomic mass is 10.4. The molecule has 1 rings (SSSR count). The van der Waals surface area contributed by atoms with E-state index in [0.717, 1.165) is 12.4 Å². The van der Waals surface area contributed by atoms with Crippen LogP contribution >= 0.6 is 0 Å². The number of pyridine rings is 1. The molecular weight excluding hydrogens is 216 g/mol. The first-order valence-electron chi connectivity index (χ1n) is 5.86. The smallest absolute Gasteiger partial charge is 0.241 e. The molecule has 2 N–H and O–H groups in total. The molecule has 0 aliphatic rings. The van der Waals surface area contributed by atoms with Crippen LogP contribution in [-0.2, 0) is 4.79 Å². The maximum Gasteiger partial charge on any atom is 0.241 e. The number of carbonyl (C=O) groups excluding carboxylic acids is 1. The van der Waals surface area contributed by atoms with Crippen molar-refractivity contribution in [2.45, 2.75) is 13.8 Å². The van der Waals surface area contributed by atoms with Crippen molar-refractivity contribution in [3.05, 3.63) is 18.2 Å². The highest BCUT2D eigenvalue weighted by molar-refractivity contribution is 5.80. The molecule has 0 radical (unpaired) electrons. The Bertz CT molecular complexity index is 367. The molecule has 1 aromatic heterocycles. The number of hydrogen-bond acceptors (Lipinski definition) is 4. The summed E-state index contributed by atoms with van der Waals surface area (Å²) in [7, 11) is 1.78. The van der Waals surface area contributed by atoms with Gasteiger partial charge in [0.15, 0.2) is 0 Å². The predicted octanol–water partition coefficient (Wildman–Crippen LogP) is 1.40. The van der Waals surface area contributed by atoms with Gasteiger partial charge in [-0.2, -0.15) is 0 Å². The summed E-state index contributed by atoms with van der Waals surface area (Å²) in [4.78, 5) is 17.6. The number of amides is 1. The van der Waals surface area contributed by atoms with E-state index in [9.17, 15) is 4.79 Å². The van der Waals surface area contributed by atoms with E-state index < -0.39 is 0 Å². The highest BCUT2D eigenvalue weighted by Crippen LogP contribution is 2.08. The van der Waals surface area contributed by atoms with Gasteiger partial charge in [0, 0.05) is 20.1 Å². The lowest BCUT2D eigenvalue weighted by Crippen LogP contribution is -2.32. The Kier molecular flexibility index (Phi) is 5.26. The molecular formula is C12H20N4O. The number of rotatable bonds is 6. The molecule has 0 unspecified atom stereocenters. The SMILES string of the molecule is CCNc1cccc(NCC(=O)N(C)CC)n1. The van der Waals surface area contributed by atoms with E-state index in [1.165, 1.54) is 0 Å². The fourth-order valence-electron chi connectivity index (χ4n) is 1.29. The Hall–Kier alpha value is -1.78. The minimum absolute atomic E-state index is 0.0585. The third-order valence-electron chi connectivity index (χ3n) is 2.43. The van der Waals surface area contributed by atoms with E-state index in [2.05, 4.69) is 15.6 Å². The third-order valence-corrected chi connectivity index (χ3v) is 2.43. The Morgan fingerprint density at radius 1 is 1.29 bits per heavy atom. The maximum atomic E-state index is 11.6. The van der Waals surface area contributed by atoms with Gasteiger partial charge in [0.1, 0.15) is 11.6 Å². The number of nitrogens with one attached hydrogen (secondary N) is 2. The number of nitrogens with zero attached hydrogens (tertiary/aromatic N) is 2. The van der Waals surface area contributed by atoms with Gasteiger partial charge < -0.3 is 15.5 Å². The van der Waals surface area contributed by atoms with Crippen molar-refractivity contribution in [1.82, 2.24) is 9.88 Å². The van der Waals surface area contributed by atoms with Crippen LogP contribution in [0.3, 0.4) is 0 Å². The molecule has 0 saturated carbocycles. The Balaban J connectivity index is 2.51. The molecule has 5 heteroatoms. The summed E-state index contributed by atoms with van der Waals surface area (Å²) in [5.41, 5.74) is 0. The summed E-state index contributed by atoms with van der Waals surface area (Å²) in [6.07, 6.45) is 0. The Morgan fingerprint density at radius 3 is 2.53 bits per heavy atom. The second-order valence-corrected chi connectivity index (χ2v) is 3.70. The molecule has 0 saturated heterocycles. The number of likely N-dealkylation sites (N-methyl/N-ethyl adjacent to an activating group) is 1. The maximum absolute atomic E-state index is 11.6. The molecule has 0 fully saturated rings. The fraction of sp³-hybridized carbons (Fsp3) is 0.500. The van der Waals surface area contributed by atoms with Crippen molar-refractivity contribution in [3.63, 3.8) is 0 Å². The van der Waals surface area contributed by atoms with Gasteiger partial charge in [-0.3, -0.25) is 4.79 Å². The van der Waals surface area contributed by atoms with Crippen LogP contribution in [0.5, 0.6) is 0 Å². The van der Waals surface area contributed by atoms with E-state index in [1.54, 1.807) is 11.9 Å². The van der Waals surface area contributed by atoms with Gasteiger partial charge in [0.2, 0.25) is 5.91 Å². The van der Waals surface area contributed by atoms with Gasteiger partial charge >= 0.3 is 0 Å². The zero-order chi connectivity index (χ0) is 12.7. The lowest BCUT2D eigenvalue weighted by Gasteiger charge is -2.15. The summed E-state index contributed by atoms with van der Waals surface area (Å²) in [6.45, 7) is 5.77. The van der Waals surface area contributed by atoms with Gasteiger partial charge in [-0.05, 0) is 26.0 Å². The first-order chi connectivity index (χ1) is 8.17. The molecule has 0 aliphatic carbocycles. The summed E-state index contributed by atoms with van der Waals surface area (Å²) in [6, 6.07) is 5.65.